The van der Waals surface area contributed by atoms with Crippen LogP contribution in [0.1, 0.15) is 16.1 Å². The van der Waals surface area contributed by atoms with Crippen LogP contribution in [0.2, 0.25) is 0 Å². The summed E-state index contributed by atoms with van der Waals surface area (Å²) in [5, 5.41) is 27.6. The van der Waals surface area contributed by atoms with E-state index in [0.29, 0.717) is 0 Å². The van der Waals surface area contributed by atoms with E-state index in [9.17, 15) is 19.7 Å². The Morgan fingerprint density at radius 3 is 2.72 bits per heavy atom. The van der Waals surface area contributed by atoms with E-state index in [1.165, 1.54) is 18.6 Å². The summed E-state index contributed by atoms with van der Waals surface area (Å²) in [5.74, 6) is -2.25. The Bertz CT molecular complexity index is 878. The van der Waals surface area contributed by atoms with E-state index >= 15 is 0 Å². The van der Waals surface area contributed by atoms with Crippen LogP contribution in [0.5, 0.6) is 0 Å². The largest absolute Gasteiger partial charge is 0.477 e. The first kappa shape index (κ1) is 17.8. The van der Waals surface area contributed by atoms with E-state index in [0.717, 1.165) is 23.5 Å². The lowest BCUT2D eigenvalue weighted by Gasteiger charge is -2.07. The SMILES string of the molecule is CO/N=C(/C(=O)Nc1ccc([N+](=O)[O-])c(C(=O)O)c1)c1csc(N)n1. The summed E-state index contributed by atoms with van der Waals surface area (Å²) in [6, 6.07) is 3.15. The maximum absolute atomic E-state index is 12.3. The summed E-state index contributed by atoms with van der Waals surface area (Å²) in [6.45, 7) is 0. The summed E-state index contributed by atoms with van der Waals surface area (Å²) in [6.07, 6.45) is 0. The molecule has 1 aromatic carbocycles. The Morgan fingerprint density at radius 1 is 1.48 bits per heavy atom. The number of hydrogen-bond acceptors (Lipinski definition) is 9. The van der Waals surface area contributed by atoms with Crippen molar-refractivity contribution >= 4 is 45.4 Å². The van der Waals surface area contributed by atoms with Gasteiger partial charge in [0.2, 0.25) is 0 Å². The molecule has 0 radical (unpaired) electrons. The number of nitrogens with two attached hydrogens (primary N) is 1. The normalized spacial score (nSPS) is 11.0. The number of thiazole rings is 1. The predicted molar refractivity (Wildman–Crippen MR) is 88.8 cm³/mol. The van der Waals surface area contributed by atoms with Crippen LogP contribution in [0.4, 0.5) is 16.5 Å². The van der Waals surface area contributed by atoms with Gasteiger partial charge in [0.25, 0.3) is 11.6 Å². The van der Waals surface area contributed by atoms with Gasteiger partial charge in [-0.25, -0.2) is 9.78 Å². The quantitative estimate of drug-likeness (QED) is 0.391. The van der Waals surface area contributed by atoms with Gasteiger partial charge in [-0.3, -0.25) is 14.9 Å². The Morgan fingerprint density at radius 2 is 2.20 bits per heavy atom. The monoisotopic (exact) mass is 365 g/mol. The molecule has 0 saturated heterocycles. The number of nitrogen functional groups attached to an aromatic ring is 1. The Balaban J connectivity index is 2.33. The molecule has 0 fully saturated rings. The fraction of sp³-hybridized carbons (Fsp3) is 0.0769. The molecule has 12 heteroatoms. The number of carbonyl (C=O) groups is 2. The van der Waals surface area contributed by atoms with Gasteiger partial charge in [-0.2, -0.15) is 0 Å². The summed E-state index contributed by atoms with van der Waals surface area (Å²) < 4.78 is 0. The van der Waals surface area contributed by atoms with Gasteiger partial charge in [0.05, 0.1) is 4.92 Å². The number of aromatic nitrogens is 1. The molecule has 0 aliphatic carbocycles. The molecule has 0 aliphatic heterocycles. The summed E-state index contributed by atoms with van der Waals surface area (Å²) in [4.78, 5) is 42.0. The van der Waals surface area contributed by atoms with E-state index in [1.807, 2.05) is 0 Å². The third-order valence-electron chi connectivity index (χ3n) is 2.84. The van der Waals surface area contributed by atoms with E-state index in [1.54, 1.807) is 0 Å². The average molecular weight is 365 g/mol. The number of carbonyl (C=O) groups excluding carboxylic acids is 1. The number of oxime groups is 1. The van der Waals surface area contributed by atoms with Crippen LogP contribution in [0.15, 0.2) is 28.7 Å². The van der Waals surface area contributed by atoms with Crippen molar-refractivity contribution in [3.8, 4) is 0 Å². The number of carboxylic acids is 1. The number of carboxylic acid groups (broad SMARTS) is 1. The van der Waals surface area contributed by atoms with Gasteiger partial charge < -0.3 is 21.0 Å². The van der Waals surface area contributed by atoms with Crippen LogP contribution in [0.25, 0.3) is 0 Å². The minimum Gasteiger partial charge on any atom is -0.477 e. The lowest BCUT2D eigenvalue weighted by atomic mass is 10.1. The molecule has 0 atom stereocenters. The molecule has 0 spiro atoms. The minimum atomic E-state index is -1.50. The van der Waals surface area contributed by atoms with Gasteiger partial charge >= 0.3 is 5.97 Å². The molecule has 0 bridgehead atoms. The highest BCUT2D eigenvalue weighted by Crippen LogP contribution is 2.23. The molecule has 130 valence electrons. The molecule has 0 unspecified atom stereocenters. The summed E-state index contributed by atoms with van der Waals surface area (Å²) in [7, 11) is 1.23. The number of benzene rings is 1. The van der Waals surface area contributed by atoms with Gasteiger partial charge in [-0.05, 0) is 12.1 Å². The van der Waals surface area contributed by atoms with Crippen molar-refractivity contribution in [1.82, 2.24) is 4.98 Å². The molecule has 0 aliphatic rings. The molecule has 4 N–H and O–H groups in total. The standard InChI is InChI=1S/C13H11N5O6S/c1-24-17-10(8-5-25-13(14)16-8)11(19)15-6-2-3-9(18(22)23)7(4-6)12(20)21/h2-5H,1H3,(H2,14,16)(H,15,19)(H,20,21)/b17-10+. The first-order valence-corrected chi connectivity index (χ1v) is 7.37. The second kappa shape index (κ2) is 7.35. The number of hydrogen-bond donors (Lipinski definition) is 3. The summed E-state index contributed by atoms with van der Waals surface area (Å²) >= 11 is 1.09. The van der Waals surface area contributed by atoms with Crippen molar-refractivity contribution in [2.24, 2.45) is 5.16 Å². The molecule has 0 saturated carbocycles. The Hall–Kier alpha value is -3.54. The highest BCUT2D eigenvalue weighted by atomic mass is 32.1. The van der Waals surface area contributed by atoms with Crippen LogP contribution >= 0.6 is 11.3 Å². The van der Waals surface area contributed by atoms with Crippen LogP contribution in [-0.2, 0) is 9.63 Å². The minimum absolute atomic E-state index is 0.0278. The van der Waals surface area contributed by atoms with Gasteiger partial charge in [-0.15, -0.1) is 11.3 Å². The van der Waals surface area contributed by atoms with E-state index in [2.05, 4.69) is 20.3 Å². The fourth-order valence-corrected chi connectivity index (χ4v) is 2.37. The van der Waals surface area contributed by atoms with Crippen molar-refractivity contribution in [2.45, 2.75) is 0 Å². The molecular formula is C13H11N5O6S. The highest BCUT2D eigenvalue weighted by molar-refractivity contribution is 7.13. The average Bonchev–Trinajstić information content (AvgIpc) is 2.98. The molecule has 1 heterocycles. The third kappa shape index (κ3) is 4.06. The number of anilines is 2. The molecular weight excluding hydrogens is 354 g/mol. The van der Waals surface area contributed by atoms with Gasteiger partial charge in [0.15, 0.2) is 10.8 Å². The zero-order valence-corrected chi connectivity index (χ0v) is 13.4. The first-order valence-electron chi connectivity index (χ1n) is 6.49. The number of aromatic carboxylic acids is 1. The van der Waals surface area contributed by atoms with Crippen LogP contribution < -0.4 is 11.1 Å². The number of nitro benzene ring substituents is 1. The van der Waals surface area contributed by atoms with Crippen LogP contribution in [-0.4, -0.2) is 39.7 Å². The number of nitro groups is 1. The maximum atomic E-state index is 12.3. The second-order valence-corrected chi connectivity index (χ2v) is 5.33. The van der Waals surface area contributed by atoms with Gasteiger partial charge in [-0.1, -0.05) is 5.16 Å². The van der Waals surface area contributed by atoms with E-state index in [4.69, 9.17) is 10.8 Å². The molecule has 25 heavy (non-hydrogen) atoms. The smallest absolute Gasteiger partial charge is 0.342 e. The molecule has 1 amide bonds. The van der Waals surface area contributed by atoms with Crippen molar-refractivity contribution in [3.05, 3.63) is 45.0 Å². The van der Waals surface area contributed by atoms with Gasteiger partial charge in [0.1, 0.15) is 18.4 Å². The van der Waals surface area contributed by atoms with E-state index in [-0.39, 0.29) is 22.2 Å². The Kier molecular flexibility index (Phi) is 5.24. The number of nitrogens with one attached hydrogen (secondary N) is 1. The predicted octanol–water partition coefficient (Wildman–Crippen LogP) is 1.32. The van der Waals surface area contributed by atoms with Crippen molar-refractivity contribution in [2.75, 3.05) is 18.2 Å². The zero-order chi connectivity index (χ0) is 18.6. The topological polar surface area (TPSA) is 170 Å². The van der Waals surface area contributed by atoms with E-state index < -0.39 is 28.1 Å². The molecule has 11 nitrogen and oxygen atoms in total. The Labute approximate surface area is 143 Å². The van der Waals surface area contributed by atoms with Crippen molar-refractivity contribution < 1.29 is 24.5 Å². The summed E-state index contributed by atoms with van der Waals surface area (Å²) in [5.41, 5.74) is 4.36. The number of rotatable bonds is 6. The second-order valence-electron chi connectivity index (χ2n) is 4.44. The van der Waals surface area contributed by atoms with Gasteiger partial charge in [0, 0.05) is 17.1 Å². The lowest BCUT2D eigenvalue weighted by molar-refractivity contribution is -0.385. The van der Waals surface area contributed by atoms with Crippen LogP contribution in [0.3, 0.4) is 0 Å². The highest BCUT2D eigenvalue weighted by Gasteiger charge is 2.22. The van der Waals surface area contributed by atoms with Crippen molar-refractivity contribution in [1.29, 1.82) is 0 Å². The number of amides is 1. The lowest BCUT2D eigenvalue weighted by Crippen LogP contribution is -2.24. The third-order valence-corrected chi connectivity index (χ3v) is 3.52. The first-order chi connectivity index (χ1) is 11.8. The van der Waals surface area contributed by atoms with Crippen LogP contribution in [0, 0.1) is 10.1 Å². The van der Waals surface area contributed by atoms with Crippen molar-refractivity contribution in [3.63, 3.8) is 0 Å². The molecule has 1 aromatic heterocycles. The molecule has 2 aromatic rings. The maximum Gasteiger partial charge on any atom is 0.342 e. The number of nitrogens with zero attached hydrogens (tertiary/aromatic N) is 3. The fourth-order valence-electron chi connectivity index (χ4n) is 1.83. The zero-order valence-electron chi connectivity index (χ0n) is 12.6. The molecule has 2 rings (SSSR count).